The number of para-hydroxylation sites is 2. The normalized spacial score (nSPS) is 14.7. The molecule has 1 aliphatic rings. The van der Waals surface area contributed by atoms with Gasteiger partial charge in [0.1, 0.15) is 5.75 Å². The average Bonchev–Trinajstić information content (AvgIpc) is 2.97. The van der Waals surface area contributed by atoms with Crippen molar-refractivity contribution < 1.29 is 19.1 Å². The van der Waals surface area contributed by atoms with Crippen molar-refractivity contribution in [1.29, 1.82) is 5.26 Å². The number of amides is 1. The summed E-state index contributed by atoms with van der Waals surface area (Å²) in [7, 11) is 0. The largest absolute Gasteiger partial charge is 0.492 e. The maximum atomic E-state index is 13.4. The number of nitriles is 1. The van der Waals surface area contributed by atoms with E-state index in [1.807, 2.05) is 49.4 Å². The number of hydrogen-bond acceptors (Lipinski definition) is 7. The molecule has 0 aliphatic carbocycles. The van der Waals surface area contributed by atoms with E-state index in [2.05, 4.69) is 16.7 Å². The first-order valence-corrected chi connectivity index (χ1v) is 14.1. The van der Waals surface area contributed by atoms with Gasteiger partial charge >= 0.3 is 5.97 Å². The van der Waals surface area contributed by atoms with Crippen molar-refractivity contribution in [3.05, 3.63) is 111 Å². The van der Waals surface area contributed by atoms with Crippen LogP contribution in [0.25, 0.3) is 5.70 Å². The predicted octanol–water partition coefficient (Wildman–Crippen LogP) is 6.51. The number of carbonyl (C=O) groups excluding carboxylic acids is 2. The van der Waals surface area contributed by atoms with E-state index in [0.29, 0.717) is 39.4 Å². The van der Waals surface area contributed by atoms with E-state index in [1.54, 1.807) is 43.3 Å². The van der Waals surface area contributed by atoms with Gasteiger partial charge in [0.05, 0.1) is 58.5 Å². The molecule has 3 aromatic carbocycles. The van der Waals surface area contributed by atoms with Crippen molar-refractivity contribution in [3.8, 4) is 11.8 Å². The number of halogens is 1. The van der Waals surface area contributed by atoms with Gasteiger partial charge in [-0.2, -0.15) is 5.26 Å². The Morgan fingerprint density at radius 3 is 2.40 bits per heavy atom. The van der Waals surface area contributed by atoms with Crippen molar-refractivity contribution in [3.63, 3.8) is 0 Å². The van der Waals surface area contributed by atoms with Crippen LogP contribution in [0.2, 0.25) is 5.02 Å². The Bertz CT molecular complexity index is 1500. The van der Waals surface area contributed by atoms with Crippen LogP contribution >= 0.6 is 23.4 Å². The standard InChI is InChI=1S/C31H28ClN3O4S/c1-3-38-25-17-11-10-16-24(25)34-26(36)19-40-30-22(18-33)27(21-14-8-9-15-23(21)32)28(31(37)39-4-2)29(35-30)20-12-6-5-7-13-20/h5-17,27,35H,3-4,19H2,1-2H3,(H,34,36)/t27-/m0/s1. The lowest BCUT2D eigenvalue weighted by Gasteiger charge is -2.31. The molecule has 1 aliphatic heterocycles. The molecule has 0 radical (unpaired) electrons. The Morgan fingerprint density at radius 1 is 1.00 bits per heavy atom. The first kappa shape index (κ1) is 28.8. The van der Waals surface area contributed by atoms with E-state index in [-0.39, 0.29) is 29.4 Å². The van der Waals surface area contributed by atoms with Crippen molar-refractivity contribution in [2.75, 3.05) is 24.3 Å². The predicted molar refractivity (Wildman–Crippen MR) is 159 cm³/mol. The number of esters is 1. The van der Waals surface area contributed by atoms with Crippen LogP contribution in [0.1, 0.15) is 30.9 Å². The molecule has 1 heterocycles. The molecule has 204 valence electrons. The van der Waals surface area contributed by atoms with Gasteiger partial charge in [-0.3, -0.25) is 4.79 Å². The highest BCUT2D eigenvalue weighted by atomic mass is 35.5. The lowest BCUT2D eigenvalue weighted by molar-refractivity contribution is -0.138. The van der Waals surface area contributed by atoms with Crippen LogP contribution in [0.5, 0.6) is 5.75 Å². The minimum absolute atomic E-state index is 0.0000237. The molecule has 0 aromatic heterocycles. The van der Waals surface area contributed by atoms with Gasteiger partial charge in [0.25, 0.3) is 0 Å². The number of hydrogen-bond donors (Lipinski definition) is 2. The summed E-state index contributed by atoms with van der Waals surface area (Å²) < 4.78 is 11.1. The van der Waals surface area contributed by atoms with Crippen LogP contribution in [-0.2, 0) is 14.3 Å². The maximum Gasteiger partial charge on any atom is 0.337 e. The maximum absolute atomic E-state index is 13.4. The zero-order valence-corrected chi connectivity index (χ0v) is 23.6. The topological polar surface area (TPSA) is 100 Å². The summed E-state index contributed by atoms with van der Waals surface area (Å²) in [6.45, 7) is 4.23. The fourth-order valence-corrected chi connectivity index (χ4v) is 5.44. The third-order valence-corrected chi connectivity index (χ3v) is 7.39. The molecule has 7 nitrogen and oxygen atoms in total. The Labute approximate surface area is 242 Å². The summed E-state index contributed by atoms with van der Waals surface area (Å²) in [5, 5.41) is 17.4. The highest BCUT2D eigenvalue weighted by molar-refractivity contribution is 8.03. The molecular formula is C31H28ClN3O4S. The molecule has 0 fully saturated rings. The van der Waals surface area contributed by atoms with Crippen molar-refractivity contribution >= 4 is 46.6 Å². The number of allylic oxidation sites excluding steroid dienone is 1. The van der Waals surface area contributed by atoms with Gasteiger partial charge in [0.15, 0.2) is 0 Å². The monoisotopic (exact) mass is 573 g/mol. The van der Waals surface area contributed by atoms with Crippen molar-refractivity contribution in [2.24, 2.45) is 0 Å². The Hall–Kier alpha value is -4.19. The van der Waals surface area contributed by atoms with Crippen molar-refractivity contribution in [1.82, 2.24) is 5.32 Å². The van der Waals surface area contributed by atoms with Gasteiger partial charge in [-0.25, -0.2) is 4.79 Å². The fourth-order valence-electron chi connectivity index (χ4n) is 4.35. The molecule has 0 unspecified atom stereocenters. The minimum Gasteiger partial charge on any atom is -0.492 e. The molecule has 3 aromatic rings. The van der Waals surface area contributed by atoms with Gasteiger partial charge in [0.2, 0.25) is 5.91 Å². The van der Waals surface area contributed by atoms with E-state index < -0.39 is 11.9 Å². The summed E-state index contributed by atoms with van der Waals surface area (Å²) in [6.07, 6.45) is 0. The number of carbonyl (C=O) groups is 2. The van der Waals surface area contributed by atoms with E-state index >= 15 is 0 Å². The number of ether oxygens (including phenoxy) is 2. The van der Waals surface area contributed by atoms with Gasteiger partial charge < -0.3 is 20.1 Å². The molecular weight excluding hydrogens is 546 g/mol. The zero-order valence-electron chi connectivity index (χ0n) is 22.1. The van der Waals surface area contributed by atoms with Gasteiger partial charge in [-0.1, -0.05) is 84.0 Å². The molecule has 0 spiro atoms. The van der Waals surface area contributed by atoms with Crippen molar-refractivity contribution in [2.45, 2.75) is 19.8 Å². The van der Waals surface area contributed by atoms with Crippen LogP contribution in [0, 0.1) is 11.3 Å². The summed E-state index contributed by atoms with van der Waals surface area (Å²) in [6, 6.07) is 25.9. The minimum atomic E-state index is -0.807. The molecule has 9 heteroatoms. The first-order valence-electron chi connectivity index (χ1n) is 12.7. The van der Waals surface area contributed by atoms with Crippen LogP contribution in [0.3, 0.4) is 0 Å². The fraction of sp³-hybridized carbons (Fsp3) is 0.194. The average molecular weight is 574 g/mol. The number of nitrogens with one attached hydrogen (secondary N) is 2. The summed E-state index contributed by atoms with van der Waals surface area (Å²) in [5.41, 5.74) is 2.91. The van der Waals surface area contributed by atoms with Crippen LogP contribution in [0.4, 0.5) is 5.69 Å². The Kier molecular flexibility index (Phi) is 9.90. The first-order chi connectivity index (χ1) is 19.5. The number of benzene rings is 3. The number of anilines is 1. The second kappa shape index (κ2) is 13.7. The van der Waals surface area contributed by atoms with E-state index in [4.69, 9.17) is 21.1 Å². The molecule has 0 saturated heterocycles. The molecule has 0 saturated carbocycles. The highest BCUT2D eigenvalue weighted by Crippen LogP contribution is 2.45. The van der Waals surface area contributed by atoms with E-state index in [9.17, 15) is 14.9 Å². The van der Waals surface area contributed by atoms with Gasteiger partial charge in [0, 0.05) is 5.02 Å². The number of nitrogens with zero attached hydrogens (tertiary/aromatic N) is 1. The van der Waals surface area contributed by atoms with E-state index in [1.165, 1.54) is 11.8 Å². The third-order valence-electron chi connectivity index (χ3n) is 6.03. The van der Waals surface area contributed by atoms with Crippen LogP contribution < -0.4 is 15.4 Å². The molecule has 40 heavy (non-hydrogen) atoms. The Balaban J connectivity index is 1.75. The van der Waals surface area contributed by atoms with E-state index in [0.717, 1.165) is 5.56 Å². The lowest BCUT2D eigenvalue weighted by Crippen LogP contribution is -2.30. The van der Waals surface area contributed by atoms with Gasteiger partial charge in [-0.05, 0) is 43.2 Å². The van der Waals surface area contributed by atoms with Crippen LogP contribution in [-0.4, -0.2) is 30.8 Å². The van der Waals surface area contributed by atoms with Crippen LogP contribution in [0.15, 0.2) is 95.0 Å². The SMILES string of the molecule is CCOC(=O)C1=C(c2ccccc2)NC(SCC(=O)Nc2ccccc2OCC)=C(C#N)[C@@H]1c1ccccc1Cl. The summed E-state index contributed by atoms with van der Waals surface area (Å²) >= 11 is 7.79. The molecule has 4 rings (SSSR count). The number of thioether (sulfide) groups is 1. The number of rotatable bonds is 10. The zero-order chi connectivity index (χ0) is 28.5. The quantitative estimate of drug-likeness (QED) is 0.267. The number of dihydropyridines is 1. The smallest absolute Gasteiger partial charge is 0.337 e. The molecule has 1 amide bonds. The summed E-state index contributed by atoms with van der Waals surface area (Å²) in [5.74, 6) is -1.07. The molecule has 1 atom stereocenters. The Morgan fingerprint density at radius 2 is 1.70 bits per heavy atom. The highest BCUT2D eigenvalue weighted by Gasteiger charge is 2.38. The third kappa shape index (κ3) is 6.50. The lowest BCUT2D eigenvalue weighted by atomic mass is 9.81. The molecule has 0 bridgehead atoms. The second-order valence-electron chi connectivity index (χ2n) is 8.58. The summed E-state index contributed by atoms with van der Waals surface area (Å²) in [4.78, 5) is 26.4. The van der Waals surface area contributed by atoms with Gasteiger partial charge in [-0.15, -0.1) is 0 Å². The molecule has 2 N–H and O–H groups in total. The second-order valence-corrected chi connectivity index (χ2v) is 9.97.